The Balaban J connectivity index is 2.35. The summed E-state index contributed by atoms with van der Waals surface area (Å²) in [5.74, 6) is 7.20. The molecule has 1 aromatic carbocycles. The minimum absolute atomic E-state index is 0.263. The van der Waals surface area contributed by atoms with Gasteiger partial charge in [-0.1, -0.05) is 45.6 Å². The molecule has 0 aliphatic heterocycles. The van der Waals surface area contributed by atoms with Crippen molar-refractivity contribution in [3.8, 4) is 11.8 Å². The first kappa shape index (κ1) is 15.5. The van der Waals surface area contributed by atoms with Crippen molar-refractivity contribution < 1.29 is 0 Å². The lowest BCUT2D eigenvalue weighted by atomic mass is 9.63. The van der Waals surface area contributed by atoms with Gasteiger partial charge < -0.3 is 0 Å². The molecule has 0 unspecified atom stereocenters. The highest BCUT2D eigenvalue weighted by molar-refractivity contribution is 6.17. The predicted molar refractivity (Wildman–Crippen MR) is 88.6 cm³/mol. The fourth-order valence-electron chi connectivity index (χ4n) is 2.99. The molecule has 0 atom stereocenters. The van der Waals surface area contributed by atoms with E-state index in [0.717, 1.165) is 18.4 Å². The summed E-state index contributed by atoms with van der Waals surface area (Å²) < 4.78 is 0. The minimum atomic E-state index is 0.263. The van der Waals surface area contributed by atoms with E-state index >= 15 is 0 Å². The van der Waals surface area contributed by atoms with E-state index in [0.29, 0.717) is 5.88 Å². The highest BCUT2D eigenvalue weighted by Gasteiger charge is 2.36. The van der Waals surface area contributed by atoms with Crippen molar-refractivity contribution in [2.75, 3.05) is 5.88 Å². The number of benzene rings is 1. The van der Waals surface area contributed by atoms with E-state index < -0.39 is 0 Å². The maximum Gasteiger partial charge on any atom is 0.0248 e. The Hall–Kier alpha value is -0.930. The van der Waals surface area contributed by atoms with Crippen LogP contribution in [-0.4, -0.2) is 5.88 Å². The average Bonchev–Trinajstić information content (AvgIpc) is 2.40. The number of unbranched alkanes of at least 4 members (excludes halogenated alkanes) is 1. The number of rotatable bonds is 2. The maximum atomic E-state index is 5.68. The van der Waals surface area contributed by atoms with E-state index in [1.807, 2.05) is 0 Å². The van der Waals surface area contributed by atoms with Crippen LogP contribution in [0.3, 0.4) is 0 Å². The molecule has 0 heterocycles. The molecule has 108 valence electrons. The highest BCUT2D eigenvalue weighted by Crippen LogP contribution is 2.45. The minimum Gasteiger partial charge on any atom is -0.127 e. The second-order valence-electron chi connectivity index (χ2n) is 7.12. The van der Waals surface area contributed by atoms with E-state index in [9.17, 15) is 0 Å². The molecule has 0 saturated carbocycles. The molecule has 0 saturated heterocycles. The average molecular weight is 289 g/mol. The molecule has 0 N–H and O–H groups in total. The van der Waals surface area contributed by atoms with E-state index in [1.54, 1.807) is 0 Å². The van der Waals surface area contributed by atoms with E-state index in [1.165, 1.54) is 24.0 Å². The number of hydrogen-bond acceptors (Lipinski definition) is 0. The Morgan fingerprint density at radius 1 is 1.05 bits per heavy atom. The van der Waals surface area contributed by atoms with Gasteiger partial charge in [0.2, 0.25) is 0 Å². The molecule has 1 aliphatic rings. The van der Waals surface area contributed by atoms with E-state index in [-0.39, 0.29) is 10.8 Å². The maximum absolute atomic E-state index is 5.68. The molecule has 0 amide bonds. The molecule has 0 nitrogen and oxygen atoms in total. The summed E-state index contributed by atoms with van der Waals surface area (Å²) in [6.07, 6.45) is 4.36. The van der Waals surface area contributed by atoms with Gasteiger partial charge in [-0.2, -0.15) is 0 Å². The van der Waals surface area contributed by atoms with Crippen molar-refractivity contribution in [2.45, 2.75) is 64.2 Å². The zero-order valence-electron chi connectivity index (χ0n) is 13.1. The number of alkyl halides is 1. The van der Waals surface area contributed by atoms with Crippen LogP contribution in [0.1, 0.15) is 70.1 Å². The molecule has 1 aromatic rings. The zero-order chi connectivity index (χ0) is 14.8. The van der Waals surface area contributed by atoms with Gasteiger partial charge in [0.05, 0.1) is 0 Å². The number of hydrogen-bond donors (Lipinski definition) is 0. The molecule has 1 aliphatic carbocycles. The molecule has 0 spiro atoms. The Kier molecular flexibility index (Phi) is 4.50. The van der Waals surface area contributed by atoms with Gasteiger partial charge in [0, 0.05) is 17.9 Å². The Labute approximate surface area is 128 Å². The Bertz CT molecular complexity index is 541. The molecule has 2 rings (SSSR count). The second kappa shape index (κ2) is 5.82. The third-order valence-electron chi connectivity index (χ3n) is 4.52. The second-order valence-corrected chi connectivity index (χ2v) is 7.50. The lowest BCUT2D eigenvalue weighted by molar-refractivity contribution is 0.332. The van der Waals surface area contributed by atoms with E-state index in [2.05, 4.69) is 57.7 Å². The zero-order valence-corrected chi connectivity index (χ0v) is 13.9. The van der Waals surface area contributed by atoms with Gasteiger partial charge in [-0.15, -0.1) is 11.6 Å². The summed E-state index contributed by atoms with van der Waals surface area (Å²) in [6.45, 7) is 9.41. The van der Waals surface area contributed by atoms with Crippen molar-refractivity contribution in [3.05, 3.63) is 34.9 Å². The monoisotopic (exact) mass is 288 g/mol. The smallest absolute Gasteiger partial charge is 0.0248 e. The third kappa shape index (κ3) is 3.21. The van der Waals surface area contributed by atoms with Gasteiger partial charge in [-0.05, 0) is 53.4 Å². The van der Waals surface area contributed by atoms with Crippen LogP contribution in [0.25, 0.3) is 0 Å². The van der Waals surface area contributed by atoms with Gasteiger partial charge in [0.25, 0.3) is 0 Å². The summed E-state index contributed by atoms with van der Waals surface area (Å²) in [4.78, 5) is 0. The normalized spacial score (nSPS) is 18.9. The molecule has 1 heteroatoms. The quantitative estimate of drug-likeness (QED) is 0.388. The molecule has 0 aromatic heterocycles. The summed E-state index contributed by atoms with van der Waals surface area (Å²) in [5.41, 5.74) is 4.68. The first-order chi connectivity index (χ1) is 9.37. The van der Waals surface area contributed by atoms with Crippen LogP contribution in [0.2, 0.25) is 0 Å². The molecular weight excluding hydrogens is 264 g/mol. The molecule has 20 heavy (non-hydrogen) atoms. The summed E-state index contributed by atoms with van der Waals surface area (Å²) in [6, 6.07) is 6.78. The lowest BCUT2D eigenvalue weighted by Crippen LogP contribution is -2.33. The van der Waals surface area contributed by atoms with Gasteiger partial charge in [-0.25, -0.2) is 0 Å². The van der Waals surface area contributed by atoms with E-state index in [4.69, 9.17) is 11.6 Å². The van der Waals surface area contributed by atoms with Crippen LogP contribution >= 0.6 is 11.6 Å². The SMILES string of the molecule is CC1(C)CCC(C)(C)c2cc(C#CCCCCl)ccc21. The molecule has 0 radical (unpaired) electrons. The number of fused-ring (bicyclic) bond motifs is 1. The van der Waals surface area contributed by atoms with Crippen LogP contribution < -0.4 is 0 Å². The summed E-state index contributed by atoms with van der Waals surface area (Å²) in [5, 5.41) is 0. The van der Waals surface area contributed by atoms with Crippen LogP contribution in [0.4, 0.5) is 0 Å². The van der Waals surface area contributed by atoms with Crippen LogP contribution in [0, 0.1) is 11.8 Å². The molecular formula is C19H25Cl. The van der Waals surface area contributed by atoms with Crippen molar-refractivity contribution >= 4 is 11.6 Å². The summed E-state index contributed by atoms with van der Waals surface area (Å²) in [7, 11) is 0. The fourth-order valence-corrected chi connectivity index (χ4v) is 3.12. The molecule has 0 bridgehead atoms. The van der Waals surface area contributed by atoms with Gasteiger partial charge in [-0.3, -0.25) is 0 Å². The first-order valence-corrected chi connectivity index (χ1v) is 8.10. The van der Waals surface area contributed by atoms with Crippen molar-refractivity contribution in [1.29, 1.82) is 0 Å². The number of halogens is 1. The largest absolute Gasteiger partial charge is 0.127 e. The van der Waals surface area contributed by atoms with Gasteiger partial charge in [0.1, 0.15) is 0 Å². The summed E-state index contributed by atoms with van der Waals surface area (Å²) >= 11 is 5.68. The topological polar surface area (TPSA) is 0 Å². The van der Waals surface area contributed by atoms with Crippen molar-refractivity contribution in [1.82, 2.24) is 0 Å². The third-order valence-corrected chi connectivity index (χ3v) is 4.79. The fraction of sp³-hybridized carbons (Fsp3) is 0.579. The Morgan fingerprint density at radius 2 is 1.70 bits per heavy atom. The lowest BCUT2D eigenvalue weighted by Gasteiger charge is -2.41. The van der Waals surface area contributed by atoms with Crippen molar-refractivity contribution in [3.63, 3.8) is 0 Å². The Morgan fingerprint density at radius 3 is 2.35 bits per heavy atom. The van der Waals surface area contributed by atoms with Crippen LogP contribution in [-0.2, 0) is 10.8 Å². The van der Waals surface area contributed by atoms with Crippen LogP contribution in [0.5, 0.6) is 0 Å². The standard InChI is InChI=1S/C19H25Cl/c1-18(2)11-12-19(3,4)17-14-15(9-10-16(17)18)8-6-5-7-13-20/h9-10,14H,5,7,11-13H2,1-4H3. The first-order valence-electron chi connectivity index (χ1n) is 7.57. The van der Waals surface area contributed by atoms with Crippen molar-refractivity contribution in [2.24, 2.45) is 0 Å². The predicted octanol–water partition coefficient (Wildman–Crippen LogP) is 5.41. The van der Waals surface area contributed by atoms with Gasteiger partial charge >= 0.3 is 0 Å². The van der Waals surface area contributed by atoms with Gasteiger partial charge in [0.15, 0.2) is 0 Å². The molecule has 0 fully saturated rings. The van der Waals surface area contributed by atoms with Crippen LogP contribution in [0.15, 0.2) is 18.2 Å². The highest BCUT2D eigenvalue weighted by atomic mass is 35.5.